The third-order valence-electron chi connectivity index (χ3n) is 1.63. The maximum Gasteiger partial charge on any atom is 0.332 e. The van der Waals surface area contributed by atoms with Crippen molar-refractivity contribution in [2.45, 2.75) is 39.5 Å². The Morgan fingerprint density at radius 2 is 1.79 bits per heavy atom. The summed E-state index contributed by atoms with van der Waals surface area (Å²) in [5.41, 5.74) is 0.483. The Morgan fingerprint density at radius 3 is 2.16 bits per heavy atom. The summed E-state index contributed by atoms with van der Waals surface area (Å²) in [7, 11) is 0.377. The van der Waals surface area contributed by atoms with Crippen LogP contribution in [0.3, 0.4) is 0 Å². The second-order valence-electron chi connectivity index (χ2n) is 4.44. The monoisotopic (exact) mass is 286 g/mol. The lowest BCUT2D eigenvalue weighted by molar-refractivity contribution is -0.149. The molecule has 1 aromatic rings. The van der Waals surface area contributed by atoms with Gasteiger partial charge in [-0.25, -0.2) is 4.79 Å². The minimum atomic E-state index is -0.279. The first-order chi connectivity index (χ1) is 8.91. The van der Waals surface area contributed by atoms with Crippen LogP contribution in [0, 0.1) is 0 Å². The van der Waals surface area contributed by atoms with Crippen LogP contribution in [0.5, 0.6) is 5.75 Å². The van der Waals surface area contributed by atoms with Crippen LogP contribution in [0.15, 0.2) is 30.3 Å². The number of phenolic OH excluding ortho intramolecular Hbond substituents is 1. The van der Waals surface area contributed by atoms with Crippen LogP contribution in [0.1, 0.15) is 27.7 Å². The lowest BCUT2D eigenvalue weighted by atomic mass is 10.3. The third-order valence-corrected chi connectivity index (χ3v) is 2.41. The van der Waals surface area contributed by atoms with Crippen molar-refractivity contribution >= 4 is 14.8 Å². The predicted octanol–water partition coefficient (Wildman–Crippen LogP) is 3.35. The summed E-state index contributed by atoms with van der Waals surface area (Å²) in [5, 5.41) is 8.63. The molecule has 1 rings (SSSR count). The van der Waals surface area contributed by atoms with Gasteiger partial charge in [0, 0.05) is 8.81 Å². The van der Waals surface area contributed by atoms with Gasteiger partial charge in [0.05, 0.1) is 6.10 Å². The normalized spacial score (nSPS) is 10.6. The summed E-state index contributed by atoms with van der Waals surface area (Å²) >= 11 is 0. The number of hydrogen-bond donors (Lipinski definition) is 1. The van der Waals surface area contributed by atoms with Gasteiger partial charge in [-0.3, -0.25) is 0 Å². The van der Waals surface area contributed by atoms with Crippen LogP contribution in [-0.2, 0) is 14.1 Å². The number of esters is 1. The Bertz CT molecular complexity index is 339. The van der Waals surface area contributed by atoms with E-state index in [4.69, 9.17) is 14.4 Å². The minimum Gasteiger partial charge on any atom is -0.508 e. The number of carbonyl (C=O) groups is 1. The smallest absolute Gasteiger partial charge is 0.332 e. The van der Waals surface area contributed by atoms with Crippen LogP contribution in [0.4, 0.5) is 0 Å². The molecule has 0 aliphatic carbocycles. The van der Waals surface area contributed by atoms with Gasteiger partial charge in [0.1, 0.15) is 12.4 Å². The van der Waals surface area contributed by atoms with Crippen LogP contribution in [0.25, 0.3) is 0 Å². The third kappa shape index (κ3) is 13.1. The Balaban J connectivity index is 0.000000388. The van der Waals surface area contributed by atoms with Gasteiger partial charge in [-0.15, -0.1) is 0 Å². The molecule has 0 saturated heterocycles. The molecule has 4 nitrogen and oxygen atoms in total. The van der Waals surface area contributed by atoms with Crippen LogP contribution >= 0.6 is 8.81 Å². The molecule has 0 aromatic heterocycles. The zero-order valence-electron chi connectivity index (χ0n) is 11.9. The summed E-state index contributed by atoms with van der Waals surface area (Å²) in [4.78, 5) is 10.9. The Kier molecular flexibility index (Phi) is 10.1. The molecular weight excluding hydrogens is 263 g/mol. The molecule has 1 atom stereocenters. The number of benzene rings is 1. The van der Waals surface area contributed by atoms with E-state index < -0.39 is 0 Å². The molecule has 5 heteroatoms. The van der Waals surface area contributed by atoms with Crippen molar-refractivity contribution in [2.24, 2.45) is 0 Å². The van der Waals surface area contributed by atoms with Crippen molar-refractivity contribution < 1.29 is 19.2 Å². The van der Waals surface area contributed by atoms with Crippen molar-refractivity contribution in [3.8, 4) is 5.75 Å². The van der Waals surface area contributed by atoms with Gasteiger partial charge in [-0.2, -0.15) is 0 Å². The first-order valence-corrected chi connectivity index (χ1v) is 7.21. The second kappa shape index (κ2) is 10.8. The highest BCUT2D eigenvalue weighted by atomic mass is 31.1. The van der Waals surface area contributed by atoms with Gasteiger partial charge in [0.2, 0.25) is 0 Å². The second-order valence-corrected chi connectivity index (χ2v) is 6.11. The highest BCUT2D eigenvalue weighted by Crippen LogP contribution is 2.18. The number of ether oxygens (including phenoxy) is 1. The minimum absolute atomic E-state index is 0.0523. The van der Waals surface area contributed by atoms with Gasteiger partial charge in [0.15, 0.2) is 0 Å². The molecule has 19 heavy (non-hydrogen) atoms. The highest BCUT2D eigenvalue weighted by molar-refractivity contribution is 7.33. The fourth-order valence-electron chi connectivity index (χ4n) is 0.992. The number of carbonyl (C=O) groups excluding carboxylic acids is 1. The van der Waals surface area contributed by atoms with E-state index in [0.29, 0.717) is 20.2 Å². The molecule has 0 radical (unpaired) electrons. The molecule has 1 N–H and O–H groups in total. The maximum absolute atomic E-state index is 10.9. The van der Waals surface area contributed by atoms with Crippen LogP contribution in [-0.4, -0.2) is 29.4 Å². The molecule has 0 heterocycles. The standard InChI is InChI=1S/C8H17O3P.C6H6O/c1-6(2)11-8(9)5-10-12-7(3)4;7-6-4-2-1-3-5-6/h6-7,12H,5H2,1-4H3;1-5,7H. The molecule has 0 aliphatic rings. The van der Waals surface area contributed by atoms with E-state index in [2.05, 4.69) is 0 Å². The highest BCUT2D eigenvalue weighted by Gasteiger charge is 2.05. The average molecular weight is 286 g/mol. The first-order valence-electron chi connectivity index (χ1n) is 6.22. The number of para-hydroxylation sites is 1. The number of aromatic hydroxyl groups is 1. The molecule has 0 spiro atoms. The predicted molar refractivity (Wildman–Crippen MR) is 78.7 cm³/mol. The Morgan fingerprint density at radius 1 is 1.21 bits per heavy atom. The van der Waals surface area contributed by atoms with Crippen molar-refractivity contribution in [3.63, 3.8) is 0 Å². The zero-order chi connectivity index (χ0) is 14.7. The molecule has 1 unspecified atom stereocenters. The van der Waals surface area contributed by atoms with Gasteiger partial charge in [-0.05, 0) is 31.6 Å². The SMILES string of the molecule is CC(C)OC(=O)COPC(C)C.Oc1ccccc1. The number of rotatable bonds is 5. The number of phenols is 1. The summed E-state index contributed by atoms with van der Waals surface area (Å²) in [6.07, 6.45) is -0.0523. The molecular formula is C14H23O4P. The fourth-order valence-corrected chi connectivity index (χ4v) is 1.53. The molecule has 1 aromatic carbocycles. The van der Waals surface area contributed by atoms with Crippen LogP contribution < -0.4 is 0 Å². The molecule has 0 amide bonds. The Hall–Kier alpha value is -1.12. The van der Waals surface area contributed by atoms with Crippen LogP contribution in [0.2, 0.25) is 0 Å². The lowest BCUT2D eigenvalue weighted by Gasteiger charge is -2.08. The van der Waals surface area contributed by atoms with Gasteiger partial charge in [-0.1, -0.05) is 32.0 Å². The van der Waals surface area contributed by atoms with E-state index in [1.807, 2.05) is 33.8 Å². The first kappa shape index (κ1) is 17.9. The summed E-state index contributed by atoms with van der Waals surface area (Å²) < 4.78 is 9.98. The topological polar surface area (TPSA) is 55.8 Å². The van der Waals surface area contributed by atoms with Crippen molar-refractivity contribution in [1.29, 1.82) is 0 Å². The summed E-state index contributed by atoms with van der Waals surface area (Å²) in [5.74, 6) is 0.0423. The zero-order valence-corrected chi connectivity index (χ0v) is 12.9. The molecule has 0 fully saturated rings. The largest absolute Gasteiger partial charge is 0.508 e. The van der Waals surface area contributed by atoms with E-state index >= 15 is 0 Å². The maximum atomic E-state index is 10.9. The summed E-state index contributed by atoms with van der Waals surface area (Å²) in [6.45, 7) is 7.82. The molecule has 0 aliphatic heterocycles. The fraction of sp³-hybridized carbons (Fsp3) is 0.500. The quantitative estimate of drug-likeness (QED) is 0.666. The Labute approximate surface area is 117 Å². The molecule has 0 saturated carbocycles. The van der Waals surface area contributed by atoms with E-state index in [1.54, 1.807) is 24.3 Å². The van der Waals surface area contributed by atoms with E-state index in [1.165, 1.54) is 0 Å². The van der Waals surface area contributed by atoms with Crippen molar-refractivity contribution in [2.75, 3.05) is 6.61 Å². The van der Waals surface area contributed by atoms with E-state index in [9.17, 15) is 4.79 Å². The average Bonchev–Trinajstić information content (AvgIpc) is 2.29. The van der Waals surface area contributed by atoms with E-state index in [-0.39, 0.29) is 18.7 Å². The van der Waals surface area contributed by atoms with Gasteiger partial charge < -0.3 is 14.4 Å². The number of hydrogen-bond acceptors (Lipinski definition) is 4. The van der Waals surface area contributed by atoms with E-state index in [0.717, 1.165) is 0 Å². The molecule has 108 valence electrons. The summed E-state index contributed by atoms with van der Waals surface area (Å²) in [6, 6.07) is 8.71. The lowest BCUT2D eigenvalue weighted by Crippen LogP contribution is -2.15. The van der Waals surface area contributed by atoms with Crippen molar-refractivity contribution in [1.82, 2.24) is 0 Å². The molecule has 0 bridgehead atoms. The van der Waals surface area contributed by atoms with Gasteiger partial charge >= 0.3 is 5.97 Å². The van der Waals surface area contributed by atoms with Gasteiger partial charge in [0.25, 0.3) is 0 Å². The van der Waals surface area contributed by atoms with Crippen molar-refractivity contribution in [3.05, 3.63) is 30.3 Å².